The third kappa shape index (κ3) is 5.94. The number of quaternary nitrogens is 1. The topological polar surface area (TPSA) is 53.9 Å². The van der Waals surface area contributed by atoms with Crippen molar-refractivity contribution in [3.05, 3.63) is 29.8 Å². The number of hydrogen-bond acceptors (Lipinski definition) is 3. The summed E-state index contributed by atoms with van der Waals surface area (Å²) in [4.78, 5) is 3.25. The molecule has 1 atom stereocenters. The minimum absolute atomic E-state index is 0.0955. The lowest BCUT2D eigenvalue weighted by Gasteiger charge is -2.23. The highest BCUT2D eigenvalue weighted by molar-refractivity contribution is 7.89. The zero-order valence-electron chi connectivity index (χ0n) is 14.6. The number of hydrogen-bond donors (Lipinski definition) is 2. The SMILES string of the molecule is CC(C)CS(=O)(=O)NC[C@@H](c1ccc(N(C)C)cc1)[NH+](C)C. The summed E-state index contributed by atoms with van der Waals surface area (Å²) in [5.74, 6) is 0.296. The third-order valence-corrected chi connectivity index (χ3v) is 5.28. The van der Waals surface area contributed by atoms with E-state index in [2.05, 4.69) is 29.0 Å². The highest BCUT2D eigenvalue weighted by atomic mass is 32.2. The molecule has 0 bridgehead atoms. The van der Waals surface area contributed by atoms with Crippen LogP contribution in [0.15, 0.2) is 24.3 Å². The number of benzene rings is 1. The molecule has 22 heavy (non-hydrogen) atoms. The van der Waals surface area contributed by atoms with E-state index >= 15 is 0 Å². The minimum atomic E-state index is -3.21. The molecular formula is C16H30N3O2S+. The summed E-state index contributed by atoms with van der Waals surface area (Å²) in [6.07, 6.45) is 0. The van der Waals surface area contributed by atoms with Crippen molar-refractivity contribution in [1.29, 1.82) is 0 Å². The Kier molecular flexibility index (Phi) is 6.84. The molecule has 0 heterocycles. The molecule has 0 aromatic heterocycles. The molecule has 1 aromatic rings. The fourth-order valence-electron chi connectivity index (χ4n) is 2.37. The molecule has 0 radical (unpaired) electrons. The zero-order valence-corrected chi connectivity index (χ0v) is 15.4. The molecule has 0 aliphatic carbocycles. The molecule has 0 fully saturated rings. The largest absolute Gasteiger partial charge is 0.378 e. The molecule has 0 spiro atoms. The van der Waals surface area contributed by atoms with E-state index in [1.807, 2.05) is 46.9 Å². The fraction of sp³-hybridized carbons (Fsp3) is 0.625. The van der Waals surface area contributed by atoms with Gasteiger partial charge in [0.15, 0.2) is 0 Å². The van der Waals surface area contributed by atoms with E-state index in [0.717, 1.165) is 11.3 Å². The van der Waals surface area contributed by atoms with Crippen LogP contribution in [-0.4, -0.2) is 48.9 Å². The second-order valence-electron chi connectivity index (χ2n) is 6.64. The van der Waals surface area contributed by atoms with E-state index in [1.165, 1.54) is 4.90 Å². The first kappa shape index (κ1) is 18.9. The Bertz CT molecular complexity index is 551. The van der Waals surface area contributed by atoms with Crippen LogP contribution in [0.5, 0.6) is 0 Å². The van der Waals surface area contributed by atoms with E-state index in [0.29, 0.717) is 6.54 Å². The van der Waals surface area contributed by atoms with Crippen molar-refractivity contribution in [1.82, 2.24) is 4.72 Å². The van der Waals surface area contributed by atoms with Gasteiger partial charge in [0.05, 0.1) is 26.4 Å². The molecule has 0 unspecified atom stereocenters. The van der Waals surface area contributed by atoms with Gasteiger partial charge in [-0.15, -0.1) is 0 Å². The molecule has 0 amide bonds. The Labute approximate surface area is 135 Å². The van der Waals surface area contributed by atoms with Gasteiger partial charge in [-0.1, -0.05) is 26.0 Å². The van der Waals surface area contributed by atoms with E-state index in [9.17, 15) is 8.42 Å². The van der Waals surface area contributed by atoms with E-state index in [4.69, 9.17) is 0 Å². The number of nitrogens with one attached hydrogen (secondary N) is 2. The molecule has 0 saturated carbocycles. The summed E-state index contributed by atoms with van der Waals surface area (Å²) in [7, 11) is 4.88. The van der Waals surface area contributed by atoms with Gasteiger partial charge in [0.2, 0.25) is 10.0 Å². The molecule has 1 rings (SSSR count). The number of rotatable bonds is 8. The van der Waals surface area contributed by atoms with Gasteiger partial charge in [-0.25, -0.2) is 13.1 Å². The van der Waals surface area contributed by atoms with Gasteiger partial charge in [-0.3, -0.25) is 0 Å². The standard InChI is InChI=1S/C16H29N3O2S/c1-13(2)12-22(20,21)17-11-16(19(5)6)14-7-9-15(10-8-14)18(3)4/h7-10,13,16-17H,11-12H2,1-6H3/p+1/t16-/m0/s1. The van der Waals surface area contributed by atoms with E-state index in [-0.39, 0.29) is 17.7 Å². The second-order valence-corrected chi connectivity index (χ2v) is 8.49. The van der Waals surface area contributed by atoms with Gasteiger partial charge >= 0.3 is 0 Å². The summed E-state index contributed by atoms with van der Waals surface area (Å²) in [6, 6.07) is 8.37. The Balaban J connectivity index is 2.82. The van der Waals surface area contributed by atoms with Crippen molar-refractivity contribution >= 4 is 15.7 Å². The number of sulfonamides is 1. The normalized spacial score (nSPS) is 13.6. The fourth-order valence-corrected chi connectivity index (χ4v) is 3.78. The summed E-state index contributed by atoms with van der Waals surface area (Å²) in [5.41, 5.74) is 2.27. The summed E-state index contributed by atoms with van der Waals surface area (Å²) in [6.45, 7) is 4.24. The molecule has 126 valence electrons. The van der Waals surface area contributed by atoms with Crippen LogP contribution in [0, 0.1) is 5.92 Å². The monoisotopic (exact) mass is 328 g/mol. The molecule has 5 nitrogen and oxygen atoms in total. The van der Waals surface area contributed by atoms with Crippen molar-refractivity contribution < 1.29 is 13.3 Å². The van der Waals surface area contributed by atoms with Crippen LogP contribution in [0.2, 0.25) is 0 Å². The van der Waals surface area contributed by atoms with Crippen LogP contribution < -0.4 is 14.5 Å². The average molecular weight is 329 g/mol. The Hall–Kier alpha value is -1.11. The molecule has 2 N–H and O–H groups in total. The first-order valence-corrected chi connectivity index (χ1v) is 9.32. The summed E-state index contributed by atoms with van der Waals surface area (Å²) in [5, 5.41) is 0. The maximum absolute atomic E-state index is 12.0. The lowest BCUT2D eigenvalue weighted by Crippen LogP contribution is -3.07. The van der Waals surface area contributed by atoms with Gasteiger partial charge < -0.3 is 9.80 Å². The molecule has 0 aliphatic rings. The lowest BCUT2D eigenvalue weighted by atomic mass is 10.1. The highest BCUT2D eigenvalue weighted by Gasteiger charge is 2.21. The maximum atomic E-state index is 12.0. The van der Waals surface area contributed by atoms with Gasteiger partial charge in [0.1, 0.15) is 6.04 Å². The van der Waals surface area contributed by atoms with E-state index in [1.54, 1.807) is 0 Å². The number of anilines is 1. The molecule has 1 aromatic carbocycles. The second kappa shape index (κ2) is 7.94. The molecule has 6 heteroatoms. The van der Waals surface area contributed by atoms with Crippen molar-refractivity contribution in [2.24, 2.45) is 5.92 Å². The smallest absolute Gasteiger partial charge is 0.212 e. The third-order valence-electron chi connectivity index (χ3n) is 3.57. The lowest BCUT2D eigenvalue weighted by molar-refractivity contribution is -0.890. The van der Waals surface area contributed by atoms with Crippen LogP contribution in [0.3, 0.4) is 0 Å². The Morgan fingerprint density at radius 2 is 1.68 bits per heavy atom. The number of nitrogens with zero attached hydrogens (tertiary/aromatic N) is 1. The van der Waals surface area contributed by atoms with E-state index < -0.39 is 10.0 Å². The minimum Gasteiger partial charge on any atom is -0.378 e. The number of likely N-dealkylation sites (N-methyl/N-ethyl adjacent to an activating group) is 1. The summed E-state index contributed by atoms with van der Waals surface area (Å²) >= 11 is 0. The first-order chi connectivity index (χ1) is 10.1. The van der Waals surface area contributed by atoms with Crippen molar-refractivity contribution in [2.75, 3.05) is 45.4 Å². The highest BCUT2D eigenvalue weighted by Crippen LogP contribution is 2.16. The maximum Gasteiger partial charge on any atom is 0.212 e. The predicted octanol–water partition coefficient (Wildman–Crippen LogP) is 0.514. The van der Waals surface area contributed by atoms with Crippen LogP contribution in [0.4, 0.5) is 5.69 Å². The molecule has 0 aliphatic heterocycles. The Morgan fingerprint density at radius 3 is 2.09 bits per heavy atom. The quantitative estimate of drug-likeness (QED) is 0.731. The van der Waals surface area contributed by atoms with Crippen LogP contribution in [-0.2, 0) is 10.0 Å². The first-order valence-electron chi connectivity index (χ1n) is 7.67. The van der Waals surface area contributed by atoms with Gasteiger partial charge in [0.25, 0.3) is 0 Å². The van der Waals surface area contributed by atoms with Crippen molar-refractivity contribution in [3.63, 3.8) is 0 Å². The van der Waals surface area contributed by atoms with Crippen LogP contribution in [0.25, 0.3) is 0 Å². The van der Waals surface area contributed by atoms with Crippen LogP contribution in [0.1, 0.15) is 25.5 Å². The van der Waals surface area contributed by atoms with Gasteiger partial charge in [-0.05, 0) is 18.1 Å². The molecular weight excluding hydrogens is 298 g/mol. The zero-order chi connectivity index (χ0) is 16.9. The Morgan fingerprint density at radius 1 is 1.14 bits per heavy atom. The van der Waals surface area contributed by atoms with Gasteiger partial charge in [0, 0.05) is 25.3 Å². The predicted molar refractivity (Wildman–Crippen MR) is 92.9 cm³/mol. The van der Waals surface area contributed by atoms with Crippen molar-refractivity contribution in [3.8, 4) is 0 Å². The van der Waals surface area contributed by atoms with Crippen LogP contribution >= 0.6 is 0 Å². The van der Waals surface area contributed by atoms with Crippen molar-refractivity contribution in [2.45, 2.75) is 19.9 Å². The molecule has 0 saturated heterocycles. The average Bonchev–Trinajstić information content (AvgIpc) is 2.37. The summed E-state index contributed by atoms with van der Waals surface area (Å²) < 4.78 is 26.8. The van der Waals surface area contributed by atoms with Gasteiger partial charge in [-0.2, -0.15) is 0 Å².